The van der Waals surface area contributed by atoms with Crippen LogP contribution in [0.25, 0.3) is 0 Å². The van der Waals surface area contributed by atoms with Crippen molar-refractivity contribution in [3.63, 3.8) is 0 Å². The van der Waals surface area contributed by atoms with Crippen LogP contribution < -0.4 is 0 Å². The van der Waals surface area contributed by atoms with Gasteiger partial charge in [-0.15, -0.1) is 0 Å². The van der Waals surface area contributed by atoms with Gasteiger partial charge in [-0.05, 0) is 26.0 Å². The Morgan fingerprint density at radius 1 is 1.36 bits per heavy atom. The monoisotopic (exact) mass is 194 g/mol. The van der Waals surface area contributed by atoms with E-state index in [0.29, 0.717) is 0 Å². The molecule has 76 valence electrons. The number of carbonyl (C=O) groups is 1. The van der Waals surface area contributed by atoms with Crippen LogP contribution in [0.4, 0.5) is 0 Å². The first-order valence-electron chi connectivity index (χ1n) is 4.44. The number of hydrogen-bond donors (Lipinski definition) is 2. The molecule has 1 rings (SSSR count). The standard InChI is InChI=1S/C11H14O3/c1-11(2,14)7-10(13)8-5-3-4-6-9(8)12/h3-6,12,14H,7H2,1-2H3. The third-order valence-electron chi connectivity index (χ3n) is 1.80. The van der Waals surface area contributed by atoms with E-state index in [1.54, 1.807) is 32.0 Å². The van der Waals surface area contributed by atoms with Crippen molar-refractivity contribution < 1.29 is 15.0 Å². The molecular weight excluding hydrogens is 180 g/mol. The number of para-hydroxylation sites is 1. The lowest BCUT2D eigenvalue weighted by atomic mass is 9.97. The molecule has 2 N–H and O–H groups in total. The Morgan fingerprint density at radius 3 is 2.43 bits per heavy atom. The lowest BCUT2D eigenvalue weighted by molar-refractivity contribution is 0.0586. The number of carbonyl (C=O) groups excluding carboxylic acids is 1. The number of aromatic hydroxyl groups is 1. The Kier molecular flexibility index (Phi) is 2.91. The molecule has 0 aliphatic heterocycles. The van der Waals surface area contributed by atoms with Gasteiger partial charge in [-0.3, -0.25) is 4.79 Å². The van der Waals surface area contributed by atoms with Crippen LogP contribution >= 0.6 is 0 Å². The predicted molar refractivity (Wildman–Crippen MR) is 53.4 cm³/mol. The van der Waals surface area contributed by atoms with E-state index in [0.717, 1.165) is 0 Å². The van der Waals surface area contributed by atoms with Gasteiger partial charge in [-0.25, -0.2) is 0 Å². The number of hydrogen-bond acceptors (Lipinski definition) is 3. The van der Waals surface area contributed by atoms with Crippen LogP contribution in [0.1, 0.15) is 30.6 Å². The second-order valence-corrected chi connectivity index (χ2v) is 3.93. The fourth-order valence-corrected chi connectivity index (χ4v) is 1.20. The third-order valence-corrected chi connectivity index (χ3v) is 1.80. The van der Waals surface area contributed by atoms with Crippen molar-refractivity contribution in [1.29, 1.82) is 0 Å². The molecule has 3 heteroatoms. The molecule has 0 saturated carbocycles. The van der Waals surface area contributed by atoms with Gasteiger partial charge in [-0.1, -0.05) is 12.1 Å². The number of ketones is 1. The van der Waals surface area contributed by atoms with E-state index in [2.05, 4.69) is 0 Å². The lowest BCUT2D eigenvalue weighted by Crippen LogP contribution is -2.23. The van der Waals surface area contributed by atoms with Crippen LogP contribution in [0, 0.1) is 0 Å². The molecule has 0 heterocycles. The van der Waals surface area contributed by atoms with Crippen LogP contribution in [0.5, 0.6) is 5.75 Å². The highest BCUT2D eigenvalue weighted by Gasteiger charge is 2.20. The summed E-state index contributed by atoms with van der Waals surface area (Å²) in [6.07, 6.45) is 0.00454. The highest BCUT2D eigenvalue weighted by Crippen LogP contribution is 2.20. The van der Waals surface area contributed by atoms with Gasteiger partial charge in [0.1, 0.15) is 5.75 Å². The maximum Gasteiger partial charge on any atom is 0.169 e. The number of rotatable bonds is 3. The van der Waals surface area contributed by atoms with E-state index in [9.17, 15) is 15.0 Å². The van der Waals surface area contributed by atoms with Gasteiger partial charge in [0.05, 0.1) is 11.2 Å². The number of phenolic OH excluding ortho intramolecular Hbond substituents is 1. The molecule has 0 bridgehead atoms. The van der Waals surface area contributed by atoms with Crippen molar-refractivity contribution >= 4 is 5.78 Å². The van der Waals surface area contributed by atoms with Crippen molar-refractivity contribution in [1.82, 2.24) is 0 Å². The quantitative estimate of drug-likeness (QED) is 0.720. The summed E-state index contributed by atoms with van der Waals surface area (Å²) in [5, 5.41) is 18.8. The van der Waals surface area contributed by atoms with Crippen LogP contribution in [0.15, 0.2) is 24.3 Å². The highest BCUT2D eigenvalue weighted by molar-refractivity contribution is 5.99. The zero-order chi connectivity index (χ0) is 10.8. The zero-order valence-corrected chi connectivity index (χ0v) is 8.32. The van der Waals surface area contributed by atoms with Gasteiger partial charge >= 0.3 is 0 Å². The second kappa shape index (κ2) is 3.80. The maximum atomic E-state index is 11.6. The topological polar surface area (TPSA) is 57.5 Å². The minimum absolute atomic E-state index is 0.00454. The van der Waals surface area contributed by atoms with Gasteiger partial charge < -0.3 is 10.2 Å². The Labute approximate surface area is 83.0 Å². The van der Waals surface area contributed by atoms with Gasteiger partial charge in [0, 0.05) is 6.42 Å². The van der Waals surface area contributed by atoms with Crippen molar-refractivity contribution in [2.24, 2.45) is 0 Å². The number of aliphatic hydroxyl groups is 1. The molecule has 0 aliphatic carbocycles. The van der Waals surface area contributed by atoms with Crippen molar-refractivity contribution in [2.75, 3.05) is 0 Å². The summed E-state index contributed by atoms with van der Waals surface area (Å²) in [5.41, 5.74) is -0.783. The molecule has 0 radical (unpaired) electrons. The summed E-state index contributed by atoms with van der Waals surface area (Å²) in [6, 6.07) is 6.33. The molecule has 0 unspecified atom stereocenters. The molecule has 1 aromatic carbocycles. The zero-order valence-electron chi connectivity index (χ0n) is 8.32. The fourth-order valence-electron chi connectivity index (χ4n) is 1.20. The van der Waals surface area contributed by atoms with E-state index in [4.69, 9.17) is 0 Å². The van der Waals surface area contributed by atoms with Crippen LogP contribution in [0.3, 0.4) is 0 Å². The molecule has 3 nitrogen and oxygen atoms in total. The van der Waals surface area contributed by atoms with Crippen LogP contribution in [0.2, 0.25) is 0 Å². The summed E-state index contributed by atoms with van der Waals surface area (Å²) in [4.78, 5) is 11.6. The van der Waals surface area contributed by atoms with E-state index in [1.165, 1.54) is 6.07 Å². The number of phenols is 1. The molecule has 0 fully saturated rings. The van der Waals surface area contributed by atoms with Gasteiger partial charge in [0.15, 0.2) is 5.78 Å². The van der Waals surface area contributed by atoms with E-state index < -0.39 is 5.60 Å². The lowest BCUT2D eigenvalue weighted by Gasteiger charge is -2.15. The summed E-state index contributed by atoms with van der Waals surface area (Å²) in [5.74, 6) is -0.294. The van der Waals surface area contributed by atoms with Gasteiger partial charge in [0.25, 0.3) is 0 Å². The van der Waals surface area contributed by atoms with Crippen LogP contribution in [-0.2, 0) is 0 Å². The van der Waals surface area contributed by atoms with E-state index in [-0.39, 0.29) is 23.5 Å². The van der Waals surface area contributed by atoms with Crippen molar-refractivity contribution in [2.45, 2.75) is 25.9 Å². The first-order chi connectivity index (χ1) is 6.40. The molecular formula is C11H14O3. The molecule has 0 amide bonds. The van der Waals surface area contributed by atoms with Crippen molar-refractivity contribution in [3.8, 4) is 5.75 Å². The van der Waals surface area contributed by atoms with Gasteiger partial charge in [0.2, 0.25) is 0 Å². The van der Waals surface area contributed by atoms with Gasteiger partial charge in [-0.2, -0.15) is 0 Å². The summed E-state index contributed by atoms with van der Waals surface area (Å²) in [6.45, 7) is 3.12. The summed E-state index contributed by atoms with van der Waals surface area (Å²) in [7, 11) is 0. The molecule has 0 aliphatic rings. The largest absolute Gasteiger partial charge is 0.507 e. The highest BCUT2D eigenvalue weighted by atomic mass is 16.3. The Hall–Kier alpha value is -1.35. The first kappa shape index (κ1) is 10.7. The Balaban J connectivity index is 2.86. The molecule has 0 atom stereocenters. The SMILES string of the molecule is CC(C)(O)CC(=O)c1ccccc1O. The number of benzene rings is 1. The minimum Gasteiger partial charge on any atom is -0.507 e. The van der Waals surface area contributed by atoms with E-state index in [1.807, 2.05) is 0 Å². The average Bonchev–Trinajstić information content (AvgIpc) is 2.01. The molecule has 1 aromatic rings. The number of Topliss-reactive ketones (excluding diaryl/α,β-unsaturated/α-hetero) is 1. The molecule has 0 spiro atoms. The molecule has 0 aromatic heterocycles. The normalized spacial score (nSPS) is 11.4. The van der Waals surface area contributed by atoms with Crippen LogP contribution in [-0.4, -0.2) is 21.6 Å². The summed E-state index contributed by atoms with van der Waals surface area (Å²) < 4.78 is 0. The molecule has 0 saturated heterocycles. The first-order valence-corrected chi connectivity index (χ1v) is 4.44. The average molecular weight is 194 g/mol. The predicted octanol–water partition coefficient (Wildman–Crippen LogP) is 1.74. The second-order valence-electron chi connectivity index (χ2n) is 3.93. The van der Waals surface area contributed by atoms with Crippen molar-refractivity contribution in [3.05, 3.63) is 29.8 Å². The smallest absolute Gasteiger partial charge is 0.169 e. The third kappa shape index (κ3) is 2.85. The minimum atomic E-state index is -1.04. The van der Waals surface area contributed by atoms with E-state index >= 15 is 0 Å². The maximum absolute atomic E-state index is 11.6. The Bertz CT molecular complexity index is 337. The summed E-state index contributed by atoms with van der Waals surface area (Å²) >= 11 is 0. The Morgan fingerprint density at radius 2 is 1.93 bits per heavy atom. The fraction of sp³-hybridized carbons (Fsp3) is 0.364. The molecule has 14 heavy (non-hydrogen) atoms.